The molecule has 0 atom stereocenters. The molecule has 1 fully saturated rings. The minimum absolute atomic E-state index is 0.0393. The molecule has 1 amide bonds. The number of carboxylic acid groups (broad SMARTS) is 1. The van der Waals surface area contributed by atoms with Crippen LogP contribution in [0.2, 0.25) is 0 Å². The van der Waals surface area contributed by atoms with Crippen molar-refractivity contribution in [3.8, 4) is 0 Å². The molecule has 0 spiro atoms. The Labute approximate surface area is 118 Å². The van der Waals surface area contributed by atoms with E-state index in [1.54, 1.807) is 4.90 Å². The first-order valence-corrected chi connectivity index (χ1v) is 6.78. The predicted molar refractivity (Wildman–Crippen MR) is 75.9 cm³/mol. The van der Waals surface area contributed by atoms with Crippen LogP contribution in [0.5, 0.6) is 0 Å². The Morgan fingerprint density at radius 1 is 1.15 bits per heavy atom. The molecule has 5 nitrogen and oxygen atoms in total. The van der Waals surface area contributed by atoms with E-state index in [9.17, 15) is 9.59 Å². The van der Waals surface area contributed by atoms with E-state index in [2.05, 4.69) is 0 Å². The number of carbonyl (C=O) groups excluding carboxylic acids is 1. The molecule has 1 N–H and O–H groups in total. The van der Waals surface area contributed by atoms with Gasteiger partial charge in [0.2, 0.25) is 0 Å². The van der Waals surface area contributed by atoms with Crippen molar-refractivity contribution in [2.75, 3.05) is 32.7 Å². The van der Waals surface area contributed by atoms with E-state index in [0.29, 0.717) is 26.2 Å². The van der Waals surface area contributed by atoms with Crippen LogP contribution < -0.4 is 0 Å². The molecule has 20 heavy (non-hydrogen) atoms. The zero-order valence-corrected chi connectivity index (χ0v) is 11.9. The lowest BCUT2D eigenvalue weighted by molar-refractivity contribution is -0.138. The van der Waals surface area contributed by atoms with E-state index in [4.69, 9.17) is 5.11 Å². The highest BCUT2D eigenvalue weighted by Crippen LogP contribution is 2.14. The minimum atomic E-state index is -0.820. The Morgan fingerprint density at radius 3 is 2.35 bits per heavy atom. The van der Waals surface area contributed by atoms with Gasteiger partial charge in [-0.15, -0.1) is 0 Å². The summed E-state index contributed by atoms with van der Waals surface area (Å²) in [6.07, 6.45) is 0. The summed E-state index contributed by atoms with van der Waals surface area (Å²) in [7, 11) is 0. The molecule has 5 heteroatoms. The molecule has 1 aliphatic rings. The topological polar surface area (TPSA) is 60.9 Å². The van der Waals surface area contributed by atoms with Gasteiger partial charge in [-0.1, -0.05) is 17.7 Å². The molecule has 108 valence electrons. The monoisotopic (exact) mass is 276 g/mol. The largest absolute Gasteiger partial charge is 0.480 e. The van der Waals surface area contributed by atoms with E-state index in [1.807, 2.05) is 36.9 Å². The summed E-state index contributed by atoms with van der Waals surface area (Å²) in [5, 5.41) is 8.76. The number of aryl methyl sites for hydroxylation is 2. The first kappa shape index (κ1) is 14.5. The molecule has 0 saturated carbocycles. The lowest BCUT2D eigenvalue weighted by atomic mass is 10.0. The molecule has 0 radical (unpaired) electrons. The van der Waals surface area contributed by atoms with Crippen molar-refractivity contribution in [3.05, 3.63) is 34.9 Å². The number of carbonyl (C=O) groups is 2. The van der Waals surface area contributed by atoms with Gasteiger partial charge in [-0.25, -0.2) is 0 Å². The van der Waals surface area contributed by atoms with Crippen LogP contribution in [0.3, 0.4) is 0 Å². The van der Waals surface area contributed by atoms with Gasteiger partial charge in [-0.05, 0) is 25.5 Å². The van der Waals surface area contributed by atoms with Gasteiger partial charge in [0.05, 0.1) is 6.54 Å². The number of amides is 1. The third-order valence-electron chi connectivity index (χ3n) is 3.63. The van der Waals surface area contributed by atoms with E-state index in [1.165, 1.54) is 0 Å². The first-order valence-electron chi connectivity index (χ1n) is 6.78. The van der Waals surface area contributed by atoms with Crippen molar-refractivity contribution in [1.82, 2.24) is 9.80 Å². The molecule has 1 heterocycles. The number of piperazine rings is 1. The predicted octanol–water partition coefficient (Wildman–Crippen LogP) is 1.15. The van der Waals surface area contributed by atoms with Crippen molar-refractivity contribution >= 4 is 11.9 Å². The fourth-order valence-electron chi connectivity index (χ4n) is 2.52. The molecule has 1 aromatic carbocycles. The number of benzene rings is 1. The summed E-state index contributed by atoms with van der Waals surface area (Å²) < 4.78 is 0. The zero-order chi connectivity index (χ0) is 14.7. The zero-order valence-electron chi connectivity index (χ0n) is 11.9. The lowest BCUT2D eigenvalue weighted by Gasteiger charge is -2.34. The molecule has 1 aromatic rings. The Hall–Kier alpha value is -1.88. The van der Waals surface area contributed by atoms with Crippen LogP contribution in [0.1, 0.15) is 21.5 Å². The molecule has 0 aromatic heterocycles. The third kappa shape index (κ3) is 3.36. The van der Waals surface area contributed by atoms with Crippen LogP contribution in [0, 0.1) is 13.8 Å². The van der Waals surface area contributed by atoms with Crippen LogP contribution >= 0.6 is 0 Å². The second-order valence-electron chi connectivity index (χ2n) is 5.28. The van der Waals surface area contributed by atoms with E-state index < -0.39 is 5.97 Å². The van der Waals surface area contributed by atoms with Gasteiger partial charge in [0.15, 0.2) is 0 Å². The van der Waals surface area contributed by atoms with Crippen LogP contribution in [-0.2, 0) is 4.79 Å². The third-order valence-corrected chi connectivity index (χ3v) is 3.63. The molecular formula is C15H20N2O3. The summed E-state index contributed by atoms with van der Waals surface area (Å²) >= 11 is 0. The maximum atomic E-state index is 12.5. The van der Waals surface area contributed by atoms with Gasteiger partial charge < -0.3 is 10.0 Å². The van der Waals surface area contributed by atoms with Crippen molar-refractivity contribution in [3.63, 3.8) is 0 Å². The summed E-state index contributed by atoms with van der Waals surface area (Å²) in [4.78, 5) is 26.8. The maximum absolute atomic E-state index is 12.5. The van der Waals surface area contributed by atoms with Crippen LogP contribution in [0.25, 0.3) is 0 Å². The van der Waals surface area contributed by atoms with Gasteiger partial charge in [-0.2, -0.15) is 0 Å². The molecular weight excluding hydrogens is 256 g/mol. The number of aliphatic carboxylic acids is 1. The Bertz CT molecular complexity index is 520. The molecule has 1 aliphatic heterocycles. The highest BCUT2D eigenvalue weighted by molar-refractivity contribution is 5.95. The Balaban J connectivity index is 1.99. The summed E-state index contributed by atoms with van der Waals surface area (Å²) in [6, 6.07) is 5.82. The smallest absolute Gasteiger partial charge is 0.317 e. The molecule has 2 rings (SSSR count). The minimum Gasteiger partial charge on any atom is -0.480 e. The number of rotatable bonds is 3. The standard InChI is InChI=1S/C15H20N2O3/c1-11-3-4-13(12(2)9-11)15(20)17-7-5-16(6-8-17)10-14(18)19/h3-4,9H,5-8,10H2,1-2H3,(H,18,19). The van der Waals surface area contributed by atoms with Crippen LogP contribution in [0.4, 0.5) is 0 Å². The SMILES string of the molecule is Cc1ccc(C(=O)N2CCN(CC(=O)O)CC2)c(C)c1. The highest BCUT2D eigenvalue weighted by atomic mass is 16.4. The number of hydrogen-bond donors (Lipinski definition) is 1. The van der Waals surface area contributed by atoms with Gasteiger partial charge in [-0.3, -0.25) is 14.5 Å². The van der Waals surface area contributed by atoms with Gasteiger partial charge in [0, 0.05) is 31.7 Å². The quantitative estimate of drug-likeness (QED) is 0.899. The molecule has 0 aliphatic carbocycles. The highest BCUT2D eigenvalue weighted by Gasteiger charge is 2.23. The van der Waals surface area contributed by atoms with Gasteiger partial charge >= 0.3 is 5.97 Å². The summed E-state index contributed by atoms with van der Waals surface area (Å²) in [6.45, 7) is 6.39. The van der Waals surface area contributed by atoms with Crippen LogP contribution in [0.15, 0.2) is 18.2 Å². The second-order valence-corrected chi connectivity index (χ2v) is 5.28. The maximum Gasteiger partial charge on any atom is 0.317 e. The van der Waals surface area contributed by atoms with E-state index >= 15 is 0 Å². The Morgan fingerprint density at radius 2 is 1.80 bits per heavy atom. The van der Waals surface area contributed by atoms with Crippen molar-refractivity contribution in [2.45, 2.75) is 13.8 Å². The lowest BCUT2D eigenvalue weighted by Crippen LogP contribution is -2.50. The fourth-order valence-corrected chi connectivity index (χ4v) is 2.52. The fraction of sp³-hybridized carbons (Fsp3) is 0.467. The van der Waals surface area contributed by atoms with Crippen molar-refractivity contribution in [2.24, 2.45) is 0 Å². The van der Waals surface area contributed by atoms with E-state index in [0.717, 1.165) is 16.7 Å². The molecule has 0 unspecified atom stereocenters. The van der Waals surface area contributed by atoms with Crippen molar-refractivity contribution in [1.29, 1.82) is 0 Å². The number of carboxylic acids is 1. The second kappa shape index (κ2) is 6.05. The first-order chi connectivity index (χ1) is 9.47. The molecule has 1 saturated heterocycles. The summed E-state index contributed by atoms with van der Waals surface area (Å²) in [5.41, 5.74) is 2.87. The van der Waals surface area contributed by atoms with Gasteiger partial charge in [0.25, 0.3) is 5.91 Å². The van der Waals surface area contributed by atoms with E-state index in [-0.39, 0.29) is 12.5 Å². The normalized spacial score (nSPS) is 16.2. The number of nitrogens with zero attached hydrogens (tertiary/aromatic N) is 2. The summed E-state index contributed by atoms with van der Waals surface area (Å²) in [5.74, 6) is -0.781. The van der Waals surface area contributed by atoms with Crippen LogP contribution in [-0.4, -0.2) is 59.5 Å². The van der Waals surface area contributed by atoms with Gasteiger partial charge in [0.1, 0.15) is 0 Å². The van der Waals surface area contributed by atoms with Crippen molar-refractivity contribution < 1.29 is 14.7 Å². The average Bonchev–Trinajstić information content (AvgIpc) is 2.38. The average molecular weight is 276 g/mol. The Kier molecular flexibility index (Phi) is 4.39. The number of hydrogen-bond acceptors (Lipinski definition) is 3. The molecule has 0 bridgehead atoms.